The third kappa shape index (κ3) is 4.32. The number of rotatable bonds is 7. The van der Waals surface area contributed by atoms with Gasteiger partial charge >= 0.3 is 0 Å². The largest absolute Gasteiger partial charge is 0.350 e. The summed E-state index contributed by atoms with van der Waals surface area (Å²) in [4.78, 5) is 28.8. The number of aromatic nitrogens is 4. The van der Waals surface area contributed by atoms with Crippen molar-refractivity contribution in [3.63, 3.8) is 0 Å². The molecule has 28 heavy (non-hydrogen) atoms. The van der Waals surface area contributed by atoms with Crippen LogP contribution in [0.4, 0.5) is 8.78 Å². The van der Waals surface area contributed by atoms with E-state index in [0.29, 0.717) is 24.4 Å². The molecule has 148 valence electrons. The van der Waals surface area contributed by atoms with E-state index in [1.165, 1.54) is 0 Å². The summed E-state index contributed by atoms with van der Waals surface area (Å²) < 4.78 is 26.2. The number of fused-ring (bicyclic) bond motifs is 1. The van der Waals surface area contributed by atoms with Gasteiger partial charge in [-0.3, -0.25) is 4.79 Å². The fourth-order valence-corrected chi connectivity index (χ4v) is 2.98. The van der Waals surface area contributed by atoms with Gasteiger partial charge in [-0.15, -0.1) is 0 Å². The lowest BCUT2D eigenvalue weighted by atomic mass is 9.81. The van der Waals surface area contributed by atoms with Gasteiger partial charge in [-0.2, -0.15) is 0 Å². The standard InChI is InChI=1S/C20H23F2N5O/c1-4-19(2,18(28)26-12-20(3,21)22)10-13-7-9-24-17(27-13)15-11-25-16-14(15)6-5-8-23-16/h5-9,11H,4,10,12H2,1-3H3,(H,23,25)(H,26,28). The summed E-state index contributed by atoms with van der Waals surface area (Å²) in [6.45, 7) is 3.72. The summed E-state index contributed by atoms with van der Waals surface area (Å²) in [7, 11) is 0. The highest BCUT2D eigenvalue weighted by molar-refractivity contribution is 5.91. The second kappa shape index (κ2) is 7.61. The topological polar surface area (TPSA) is 83.6 Å². The molecule has 3 heterocycles. The molecule has 1 amide bonds. The molecule has 0 aliphatic heterocycles. The van der Waals surface area contributed by atoms with E-state index in [0.717, 1.165) is 23.5 Å². The summed E-state index contributed by atoms with van der Waals surface area (Å²) in [5.74, 6) is -2.83. The molecule has 6 nitrogen and oxygen atoms in total. The highest BCUT2D eigenvalue weighted by Gasteiger charge is 2.34. The van der Waals surface area contributed by atoms with Crippen LogP contribution in [0.2, 0.25) is 0 Å². The fourth-order valence-electron chi connectivity index (χ4n) is 2.98. The van der Waals surface area contributed by atoms with Crippen LogP contribution in [-0.4, -0.2) is 38.3 Å². The second-order valence-electron chi connectivity index (χ2n) is 7.32. The second-order valence-corrected chi connectivity index (χ2v) is 7.32. The normalized spacial score (nSPS) is 14.0. The Labute approximate surface area is 161 Å². The molecule has 0 saturated carbocycles. The zero-order chi connectivity index (χ0) is 20.4. The Morgan fingerprint density at radius 2 is 2.00 bits per heavy atom. The molecule has 0 fully saturated rings. The molecule has 8 heteroatoms. The van der Waals surface area contributed by atoms with Crippen LogP contribution in [0.5, 0.6) is 0 Å². The van der Waals surface area contributed by atoms with Crippen LogP contribution in [0.3, 0.4) is 0 Å². The smallest absolute Gasteiger partial charge is 0.262 e. The number of amides is 1. The van der Waals surface area contributed by atoms with Gasteiger partial charge in [0.05, 0.1) is 12.0 Å². The molecule has 0 bridgehead atoms. The van der Waals surface area contributed by atoms with Crippen LogP contribution in [0.1, 0.15) is 32.9 Å². The van der Waals surface area contributed by atoms with Crippen molar-refractivity contribution in [2.75, 3.05) is 6.54 Å². The average Bonchev–Trinajstić information content (AvgIpc) is 3.09. The quantitative estimate of drug-likeness (QED) is 0.647. The number of H-pyrrole nitrogens is 1. The van der Waals surface area contributed by atoms with Crippen molar-refractivity contribution < 1.29 is 13.6 Å². The van der Waals surface area contributed by atoms with Crippen molar-refractivity contribution in [2.45, 2.75) is 39.5 Å². The summed E-state index contributed by atoms with van der Waals surface area (Å²) in [5.41, 5.74) is 1.38. The molecule has 0 radical (unpaired) electrons. The Morgan fingerprint density at radius 1 is 1.21 bits per heavy atom. The molecule has 1 atom stereocenters. The first-order valence-electron chi connectivity index (χ1n) is 9.12. The van der Waals surface area contributed by atoms with Crippen LogP contribution in [0.25, 0.3) is 22.4 Å². The Bertz CT molecular complexity index is 982. The van der Waals surface area contributed by atoms with Crippen LogP contribution in [-0.2, 0) is 11.2 Å². The number of carbonyl (C=O) groups excluding carboxylic acids is 1. The molecule has 3 aromatic heterocycles. The summed E-state index contributed by atoms with van der Waals surface area (Å²) >= 11 is 0. The van der Waals surface area contributed by atoms with Crippen molar-refractivity contribution in [1.29, 1.82) is 0 Å². The lowest BCUT2D eigenvalue weighted by Gasteiger charge is -2.27. The van der Waals surface area contributed by atoms with Gasteiger partial charge < -0.3 is 10.3 Å². The van der Waals surface area contributed by atoms with E-state index in [9.17, 15) is 13.6 Å². The van der Waals surface area contributed by atoms with Gasteiger partial charge in [0.2, 0.25) is 5.91 Å². The van der Waals surface area contributed by atoms with E-state index >= 15 is 0 Å². The number of carbonyl (C=O) groups is 1. The first kappa shape index (κ1) is 19.9. The van der Waals surface area contributed by atoms with E-state index in [4.69, 9.17) is 0 Å². The number of hydrogen-bond acceptors (Lipinski definition) is 4. The summed E-state index contributed by atoms with van der Waals surface area (Å²) in [6.07, 6.45) is 5.95. The van der Waals surface area contributed by atoms with E-state index in [1.807, 2.05) is 19.1 Å². The van der Waals surface area contributed by atoms with Crippen molar-refractivity contribution in [3.8, 4) is 11.4 Å². The zero-order valence-electron chi connectivity index (χ0n) is 16.1. The van der Waals surface area contributed by atoms with E-state index in [-0.39, 0.29) is 0 Å². The number of halogens is 2. The minimum absolute atomic E-state index is 0.320. The minimum atomic E-state index is -2.95. The van der Waals surface area contributed by atoms with Crippen LogP contribution in [0.15, 0.2) is 36.8 Å². The number of pyridine rings is 1. The third-order valence-corrected chi connectivity index (χ3v) is 4.86. The predicted molar refractivity (Wildman–Crippen MR) is 103 cm³/mol. The number of aromatic amines is 1. The lowest BCUT2D eigenvalue weighted by molar-refractivity contribution is -0.132. The van der Waals surface area contributed by atoms with Gasteiger partial charge in [0, 0.05) is 48.6 Å². The number of alkyl halides is 2. The van der Waals surface area contributed by atoms with Gasteiger partial charge in [0.1, 0.15) is 5.65 Å². The molecule has 0 aliphatic carbocycles. The Kier molecular flexibility index (Phi) is 5.40. The Hall–Kier alpha value is -2.90. The molecule has 0 spiro atoms. The molecular weight excluding hydrogens is 364 g/mol. The zero-order valence-corrected chi connectivity index (χ0v) is 16.1. The molecule has 1 unspecified atom stereocenters. The molecular formula is C20H23F2N5O. The molecule has 0 aromatic carbocycles. The maximum Gasteiger partial charge on any atom is 0.262 e. The SMILES string of the molecule is CCC(C)(Cc1ccnc(-c2c[nH]c3ncccc23)n1)C(=O)NCC(C)(F)F. The van der Waals surface area contributed by atoms with E-state index < -0.39 is 23.8 Å². The third-order valence-electron chi connectivity index (χ3n) is 4.86. The first-order chi connectivity index (χ1) is 13.2. The highest BCUT2D eigenvalue weighted by atomic mass is 19.3. The number of hydrogen-bond donors (Lipinski definition) is 2. The number of nitrogens with one attached hydrogen (secondary N) is 2. The van der Waals surface area contributed by atoms with Gasteiger partial charge in [-0.25, -0.2) is 23.7 Å². The van der Waals surface area contributed by atoms with Gasteiger partial charge in [-0.05, 0) is 24.6 Å². The van der Waals surface area contributed by atoms with Crippen LogP contribution < -0.4 is 5.32 Å². The summed E-state index contributed by atoms with van der Waals surface area (Å²) in [5, 5.41) is 3.26. The van der Waals surface area contributed by atoms with Crippen LogP contribution >= 0.6 is 0 Å². The monoisotopic (exact) mass is 387 g/mol. The van der Waals surface area contributed by atoms with E-state index in [2.05, 4.69) is 25.3 Å². The van der Waals surface area contributed by atoms with E-state index in [1.54, 1.807) is 31.6 Å². The summed E-state index contributed by atoms with van der Waals surface area (Å²) in [6, 6.07) is 5.51. The van der Waals surface area contributed by atoms with Crippen molar-refractivity contribution >= 4 is 16.9 Å². The predicted octanol–water partition coefficient (Wildman–Crippen LogP) is 3.75. The van der Waals surface area contributed by atoms with Gasteiger partial charge in [0.15, 0.2) is 5.82 Å². The Morgan fingerprint density at radius 3 is 2.71 bits per heavy atom. The lowest BCUT2D eigenvalue weighted by Crippen LogP contribution is -2.44. The maximum absolute atomic E-state index is 13.1. The molecule has 2 N–H and O–H groups in total. The highest BCUT2D eigenvalue weighted by Crippen LogP contribution is 2.29. The Balaban J connectivity index is 1.84. The van der Waals surface area contributed by atoms with Crippen LogP contribution in [0, 0.1) is 5.41 Å². The van der Waals surface area contributed by atoms with Crippen molar-refractivity contribution in [2.24, 2.45) is 5.41 Å². The fraction of sp³-hybridized carbons (Fsp3) is 0.400. The van der Waals surface area contributed by atoms with Gasteiger partial charge in [-0.1, -0.05) is 13.8 Å². The molecule has 0 aliphatic rings. The van der Waals surface area contributed by atoms with Gasteiger partial charge in [0.25, 0.3) is 5.92 Å². The molecule has 0 saturated heterocycles. The van der Waals surface area contributed by atoms with Crippen molar-refractivity contribution in [1.82, 2.24) is 25.3 Å². The van der Waals surface area contributed by atoms with Crippen molar-refractivity contribution in [3.05, 3.63) is 42.5 Å². The molecule has 3 rings (SSSR count). The first-order valence-corrected chi connectivity index (χ1v) is 9.12. The number of nitrogens with zero attached hydrogens (tertiary/aromatic N) is 3. The maximum atomic E-state index is 13.1. The minimum Gasteiger partial charge on any atom is -0.350 e. The average molecular weight is 387 g/mol. The molecule has 3 aromatic rings.